The molecular formula is C18H21ClN2O5. The number of halogens is 1. The van der Waals surface area contributed by atoms with Crippen molar-refractivity contribution in [1.82, 2.24) is 4.90 Å². The largest absolute Gasteiger partial charge is 0.452 e. The lowest BCUT2D eigenvalue weighted by atomic mass is 9.78. The van der Waals surface area contributed by atoms with Crippen molar-refractivity contribution in [2.75, 3.05) is 13.2 Å². The molecule has 0 radical (unpaired) electrons. The van der Waals surface area contributed by atoms with Crippen molar-refractivity contribution in [3.63, 3.8) is 0 Å². The Morgan fingerprint density at radius 1 is 1.23 bits per heavy atom. The number of carbonyl (C=O) groups excluding carboxylic acids is 2. The quantitative estimate of drug-likeness (QED) is 0.452. The number of hydrogen-bond acceptors (Lipinski definition) is 5. The zero-order valence-electron chi connectivity index (χ0n) is 14.4. The lowest BCUT2D eigenvalue weighted by Gasteiger charge is -2.44. The van der Waals surface area contributed by atoms with Gasteiger partial charge in [0.25, 0.3) is 11.6 Å². The van der Waals surface area contributed by atoms with E-state index in [0.717, 1.165) is 38.2 Å². The van der Waals surface area contributed by atoms with E-state index in [-0.39, 0.29) is 34.8 Å². The fourth-order valence-electron chi connectivity index (χ4n) is 4.01. The van der Waals surface area contributed by atoms with Crippen molar-refractivity contribution in [3.05, 3.63) is 38.9 Å². The van der Waals surface area contributed by atoms with Gasteiger partial charge in [0, 0.05) is 24.7 Å². The van der Waals surface area contributed by atoms with Crippen molar-refractivity contribution >= 4 is 29.2 Å². The first-order valence-corrected chi connectivity index (χ1v) is 9.25. The second kappa shape index (κ2) is 8.03. The second-order valence-electron chi connectivity index (χ2n) is 6.84. The molecule has 8 heteroatoms. The topological polar surface area (TPSA) is 89.8 Å². The fourth-order valence-corrected chi connectivity index (χ4v) is 4.20. The summed E-state index contributed by atoms with van der Waals surface area (Å²) in [5.41, 5.74) is -0.364. The maximum absolute atomic E-state index is 12.6. The molecule has 0 aromatic heterocycles. The Hall–Kier alpha value is -2.15. The number of benzene rings is 1. The van der Waals surface area contributed by atoms with E-state index in [1.54, 1.807) is 0 Å². The maximum Gasteiger partial charge on any atom is 0.340 e. The number of esters is 1. The molecule has 1 saturated carbocycles. The minimum atomic E-state index is -0.829. The summed E-state index contributed by atoms with van der Waals surface area (Å²) < 4.78 is 5.10. The third kappa shape index (κ3) is 3.98. The van der Waals surface area contributed by atoms with Gasteiger partial charge in [-0.2, -0.15) is 0 Å². The van der Waals surface area contributed by atoms with Crippen molar-refractivity contribution in [1.29, 1.82) is 0 Å². The fraction of sp³-hybridized carbons (Fsp3) is 0.556. The predicted molar refractivity (Wildman–Crippen MR) is 95.1 cm³/mol. The maximum atomic E-state index is 12.6. The van der Waals surface area contributed by atoms with Crippen LogP contribution >= 0.6 is 11.6 Å². The number of carbonyl (C=O) groups is 2. The molecule has 3 rings (SSSR count). The first kappa shape index (κ1) is 18.6. The van der Waals surface area contributed by atoms with Crippen molar-refractivity contribution in [2.45, 2.75) is 44.6 Å². The summed E-state index contributed by atoms with van der Waals surface area (Å²) in [5, 5.41) is 10.9. The molecule has 26 heavy (non-hydrogen) atoms. The zero-order chi connectivity index (χ0) is 18.7. The van der Waals surface area contributed by atoms with E-state index in [4.69, 9.17) is 16.3 Å². The highest BCUT2D eigenvalue weighted by Crippen LogP contribution is 2.35. The molecule has 2 atom stereocenters. The van der Waals surface area contributed by atoms with Crippen LogP contribution in [0.15, 0.2) is 18.2 Å². The molecule has 0 N–H and O–H groups in total. The summed E-state index contributed by atoms with van der Waals surface area (Å²) in [6, 6.07) is 3.79. The summed E-state index contributed by atoms with van der Waals surface area (Å²) in [7, 11) is 0. The molecule has 2 fully saturated rings. The number of hydrogen-bond donors (Lipinski definition) is 0. The van der Waals surface area contributed by atoms with Crippen LogP contribution in [0.1, 0.15) is 48.9 Å². The van der Waals surface area contributed by atoms with Gasteiger partial charge in [-0.25, -0.2) is 4.79 Å². The molecule has 2 aliphatic rings. The van der Waals surface area contributed by atoms with Crippen LogP contribution in [0.4, 0.5) is 5.69 Å². The Morgan fingerprint density at radius 3 is 2.73 bits per heavy atom. The molecule has 0 bridgehead atoms. The van der Waals surface area contributed by atoms with Crippen LogP contribution in [0.5, 0.6) is 0 Å². The van der Waals surface area contributed by atoms with Crippen LogP contribution in [-0.2, 0) is 9.53 Å². The van der Waals surface area contributed by atoms with Crippen LogP contribution in [0.25, 0.3) is 0 Å². The Labute approximate surface area is 156 Å². The van der Waals surface area contributed by atoms with E-state index in [1.165, 1.54) is 18.6 Å². The summed E-state index contributed by atoms with van der Waals surface area (Å²) >= 11 is 5.93. The average Bonchev–Trinajstić information content (AvgIpc) is 2.65. The molecule has 1 saturated heterocycles. The number of nitrogens with zero attached hydrogens (tertiary/aromatic N) is 2. The molecule has 140 valence electrons. The first-order valence-electron chi connectivity index (χ1n) is 8.88. The van der Waals surface area contributed by atoms with E-state index < -0.39 is 10.9 Å². The van der Waals surface area contributed by atoms with Gasteiger partial charge in [0.1, 0.15) is 0 Å². The summed E-state index contributed by atoms with van der Waals surface area (Å²) in [6.45, 7) is 0.316. The molecule has 1 aliphatic carbocycles. The van der Waals surface area contributed by atoms with Crippen LogP contribution in [0.2, 0.25) is 5.02 Å². The number of nitro benzene ring substituents is 1. The first-order chi connectivity index (χ1) is 12.5. The third-order valence-corrected chi connectivity index (χ3v) is 5.60. The number of ether oxygens (including phenoxy) is 1. The number of non-ortho nitro benzene ring substituents is 1. The van der Waals surface area contributed by atoms with Crippen LogP contribution in [-0.4, -0.2) is 40.9 Å². The summed E-state index contributed by atoms with van der Waals surface area (Å²) in [6.07, 6.45) is 6.60. The zero-order valence-corrected chi connectivity index (χ0v) is 15.1. The minimum absolute atomic E-state index is 0.0540. The van der Waals surface area contributed by atoms with Gasteiger partial charge in [-0.05, 0) is 37.7 Å². The Bertz CT molecular complexity index is 722. The van der Waals surface area contributed by atoms with E-state index in [9.17, 15) is 19.7 Å². The van der Waals surface area contributed by atoms with Gasteiger partial charge in [0.05, 0.1) is 15.5 Å². The summed E-state index contributed by atoms with van der Waals surface area (Å²) in [4.78, 5) is 36.8. The lowest BCUT2D eigenvalue weighted by molar-refractivity contribution is -0.384. The van der Waals surface area contributed by atoms with E-state index >= 15 is 0 Å². The molecule has 1 aromatic carbocycles. The average molecular weight is 381 g/mol. The number of rotatable bonds is 4. The Kier molecular flexibility index (Phi) is 5.76. The molecule has 1 heterocycles. The van der Waals surface area contributed by atoms with Crippen LogP contribution in [0.3, 0.4) is 0 Å². The molecule has 0 unspecified atom stereocenters. The third-order valence-electron chi connectivity index (χ3n) is 5.27. The number of likely N-dealkylation sites (tertiary alicyclic amines) is 1. The molecule has 1 amide bonds. The predicted octanol–water partition coefficient (Wildman–Crippen LogP) is 3.59. The molecule has 7 nitrogen and oxygen atoms in total. The number of amides is 1. The van der Waals surface area contributed by atoms with E-state index in [0.29, 0.717) is 12.5 Å². The van der Waals surface area contributed by atoms with Gasteiger partial charge >= 0.3 is 5.97 Å². The van der Waals surface area contributed by atoms with Crippen molar-refractivity contribution in [3.8, 4) is 0 Å². The van der Waals surface area contributed by atoms with Gasteiger partial charge in [0.15, 0.2) is 6.61 Å². The monoisotopic (exact) mass is 380 g/mol. The molecule has 0 spiro atoms. The number of fused-ring (bicyclic) bond motifs is 1. The van der Waals surface area contributed by atoms with Gasteiger partial charge in [0.2, 0.25) is 0 Å². The van der Waals surface area contributed by atoms with Gasteiger partial charge in [-0.1, -0.05) is 24.4 Å². The summed E-state index contributed by atoms with van der Waals surface area (Å²) in [5.74, 6) is -0.496. The second-order valence-corrected chi connectivity index (χ2v) is 7.25. The normalized spacial score (nSPS) is 22.4. The molecular weight excluding hydrogens is 360 g/mol. The highest BCUT2D eigenvalue weighted by molar-refractivity contribution is 6.33. The lowest BCUT2D eigenvalue weighted by Crippen LogP contribution is -2.50. The smallest absolute Gasteiger partial charge is 0.340 e. The van der Waals surface area contributed by atoms with Gasteiger partial charge in [-0.3, -0.25) is 14.9 Å². The standard InChI is InChI=1S/C18H21ClN2O5/c19-15-8-7-13(21(24)25)10-14(15)18(23)26-11-17(22)20-9-3-5-12-4-1-2-6-16(12)20/h7-8,10,12,16H,1-6,9,11H2/t12-,16-/m0/s1. The number of piperidine rings is 1. The minimum Gasteiger partial charge on any atom is -0.452 e. The van der Waals surface area contributed by atoms with E-state index in [2.05, 4.69) is 0 Å². The highest BCUT2D eigenvalue weighted by atomic mass is 35.5. The Morgan fingerprint density at radius 2 is 1.96 bits per heavy atom. The van der Waals surface area contributed by atoms with Gasteiger partial charge < -0.3 is 9.64 Å². The number of nitro groups is 1. The Balaban J connectivity index is 1.63. The van der Waals surface area contributed by atoms with E-state index in [1.807, 2.05) is 4.90 Å². The SMILES string of the molecule is O=C(OCC(=O)N1CCC[C@@H]2CCCC[C@@H]21)c1cc([N+](=O)[O-])ccc1Cl. The van der Waals surface area contributed by atoms with Gasteiger partial charge in [-0.15, -0.1) is 0 Å². The van der Waals surface area contributed by atoms with Crippen molar-refractivity contribution < 1.29 is 19.2 Å². The van der Waals surface area contributed by atoms with Crippen LogP contribution < -0.4 is 0 Å². The molecule has 1 aromatic rings. The van der Waals surface area contributed by atoms with Crippen LogP contribution in [0, 0.1) is 16.0 Å². The van der Waals surface area contributed by atoms with Crippen molar-refractivity contribution in [2.24, 2.45) is 5.92 Å². The highest BCUT2D eigenvalue weighted by Gasteiger charge is 2.35. The molecule has 1 aliphatic heterocycles.